The number of hydrogen-bond donors (Lipinski definition) is 1. The monoisotopic (exact) mass is 386 g/mol. The van der Waals surface area contributed by atoms with Gasteiger partial charge in [-0.05, 0) is 29.7 Å². The van der Waals surface area contributed by atoms with Crippen molar-refractivity contribution in [1.82, 2.24) is 10.2 Å². The number of carbonyl (C=O) groups is 1. The van der Waals surface area contributed by atoms with Crippen LogP contribution < -0.4 is 14.8 Å². The second kappa shape index (κ2) is 9.55. The number of nitrogens with zero attached hydrogens (tertiary/aromatic N) is 1. The molecule has 1 saturated heterocycles. The van der Waals surface area contributed by atoms with E-state index in [0.717, 1.165) is 30.8 Å². The summed E-state index contributed by atoms with van der Waals surface area (Å²) >= 11 is 1.93. The van der Waals surface area contributed by atoms with Gasteiger partial charge in [-0.25, -0.2) is 4.79 Å². The third-order valence-electron chi connectivity index (χ3n) is 4.69. The van der Waals surface area contributed by atoms with Crippen LogP contribution in [-0.2, 0) is 6.54 Å². The lowest BCUT2D eigenvalue weighted by atomic mass is 10.1. The predicted molar refractivity (Wildman–Crippen MR) is 110 cm³/mol. The van der Waals surface area contributed by atoms with Crippen molar-refractivity contribution in [2.75, 3.05) is 33.1 Å². The maximum atomic E-state index is 12.6. The van der Waals surface area contributed by atoms with Crippen LogP contribution in [0.15, 0.2) is 48.5 Å². The average molecular weight is 387 g/mol. The first-order valence-electron chi connectivity index (χ1n) is 9.11. The molecule has 2 amide bonds. The average Bonchev–Trinajstić information content (AvgIpc) is 2.98. The maximum absolute atomic E-state index is 12.6. The van der Waals surface area contributed by atoms with Crippen LogP contribution in [-0.4, -0.2) is 44.0 Å². The standard InChI is InChI=1S/C21H26N2O3S/c1-25-18-9-8-16(14-19(18)26-2)15-22-21(24)23-11-10-20(27-13-12-23)17-6-4-3-5-7-17/h3-9,14,20H,10-13,15H2,1-2H3,(H,22,24). The van der Waals surface area contributed by atoms with Gasteiger partial charge in [0.25, 0.3) is 0 Å². The van der Waals surface area contributed by atoms with E-state index in [9.17, 15) is 4.79 Å². The lowest BCUT2D eigenvalue weighted by molar-refractivity contribution is 0.200. The Bertz CT molecular complexity index is 754. The van der Waals surface area contributed by atoms with E-state index in [4.69, 9.17) is 9.47 Å². The Hall–Kier alpha value is -2.34. The first-order valence-corrected chi connectivity index (χ1v) is 10.2. The molecule has 2 aromatic rings. The highest BCUT2D eigenvalue weighted by atomic mass is 32.2. The van der Waals surface area contributed by atoms with Crippen LogP contribution in [0.5, 0.6) is 11.5 Å². The fourth-order valence-corrected chi connectivity index (χ4v) is 4.42. The molecule has 2 aromatic carbocycles. The Morgan fingerprint density at radius 3 is 2.63 bits per heavy atom. The zero-order valence-corrected chi connectivity index (χ0v) is 16.6. The molecule has 0 aliphatic carbocycles. The van der Waals surface area contributed by atoms with Crippen LogP contribution in [0.1, 0.15) is 22.8 Å². The Morgan fingerprint density at radius 2 is 1.89 bits per heavy atom. The molecule has 0 radical (unpaired) electrons. The first-order chi connectivity index (χ1) is 13.2. The number of thioether (sulfide) groups is 1. The number of carbonyl (C=O) groups excluding carboxylic acids is 1. The highest BCUT2D eigenvalue weighted by Crippen LogP contribution is 2.34. The molecule has 1 aliphatic rings. The van der Waals surface area contributed by atoms with Crippen molar-refractivity contribution in [2.24, 2.45) is 0 Å². The summed E-state index contributed by atoms with van der Waals surface area (Å²) < 4.78 is 10.6. The van der Waals surface area contributed by atoms with E-state index in [0.29, 0.717) is 23.3 Å². The molecule has 0 saturated carbocycles. The van der Waals surface area contributed by atoms with Crippen molar-refractivity contribution >= 4 is 17.8 Å². The predicted octanol–water partition coefficient (Wildman–Crippen LogP) is 4.09. The van der Waals surface area contributed by atoms with Crippen LogP contribution in [0.4, 0.5) is 4.79 Å². The molecule has 1 aliphatic heterocycles. The molecule has 1 fully saturated rings. The van der Waals surface area contributed by atoms with Gasteiger partial charge in [0.15, 0.2) is 11.5 Å². The van der Waals surface area contributed by atoms with Crippen molar-refractivity contribution in [3.63, 3.8) is 0 Å². The third kappa shape index (κ3) is 5.10. The number of benzene rings is 2. The second-order valence-electron chi connectivity index (χ2n) is 6.39. The van der Waals surface area contributed by atoms with Crippen molar-refractivity contribution in [2.45, 2.75) is 18.2 Å². The van der Waals surface area contributed by atoms with Gasteiger partial charge in [0.1, 0.15) is 0 Å². The largest absolute Gasteiger partial charge is 0.493 e. The summed E-state index contributed by atoms with van der Waals surface area (Å²) in [4.78, 5) is 14.5. The number of hydrogen-bond acceptors (Lipinski definition) is 4. The molecule has 1 unspecified atom stereocenters. The van der Waals surface area contributed by atoms with Crippen molar-refractivity contribution in [1.29, 1.82) is 0 Å². The number of urea groups is 1. The van der Waals surface area contributed by atoms with Gasteiger partial charge in [-0.3, -0.25) is 0 Å². The molecular weight excluding hydrogens is 360 g/mol. The summed E-state index contributed by atoms with van der Waals surface area (Å²) in [6, 6.07) is 16.2. The molecule has 0 spiro atoms. The third-order valence-corrected chi connectivity index (χ3v) is 6.02. The molecule has 1 atom stereocenters. The fraction of sp³-hybridized carbons (Fsp3) is 0.381. The first kappa shape index (κ1) is 19.4. The summed E-state index contributed by atoms with van der Waals surface area (Å²) in [5.41, 5.74) is 2.32. The number of amides is 2. The smallest absolute Gasteiger partial charge is 0.317 e. The van der Waals surface area contributed by atoms with E-state index in [-0.39, 0.29) is 6.03 Å². The lowest BCUT2D eigenvalue weighted by Crippen LogP contribution is -2.40. The molecule has 1 heterocycles. The van der Waals surface area contributed by atoms with E-state index in [1.165, 1.54) is 5.56 Å². The van der Waals surface area contributed by atoms with Crippen LogP contribution in [0.3, 0.4) is 0 Å². The Kier molecular flexibility index (Phi) is 6.87. The van der Waals surface area contributed by atoms with Crippen molar-refractivity contribution in [3.05, 3.63) is 59.7 Å². The number of ether oxygens (including phenoxy) is 2. The molecular formula is C21H26N2O3S. The SMILES string of the molecule is COc1ccc(CNC(=O)N2CCSC(c3ccccc3)CC2)cc1OC. The van der Waals surface area contributed by atoms with Gasteiger partial charge < -0.3 is 19.7 Å². The maximum Gasteiger partial charge on any atom is 0.317 e. The van der Waals surface area contributed by atoms with E-state index in [1.807, 2.05) is 40.9 Å². The Balaban J connectivity index is 1.54. The highest BCUT2D eigenvalue weighted by molar-refractivity contribution is 7.99. The molecule has 27 heavy (non-hydrogen) atoms. The van der Waals surface area contributed by atoms with Gasteiger partial charge in [-0.15, -0.1) is 0 Å². The van der Waals surface area contributed by atoms with Crippen LogP contribution >= 0.6 is 11.8 Å². The minimum absolute atomic E-state index is 0.0147. The molecule has 1 N–H and O–H groups in total. The van der Waals surface area contributed by atoms with Crippen molar-refractivity contribution < 1.29 is 14.3 Å². The van der Waals surface area contributed by atoms with Crippen LogP contribution in [0.2, 0.25) is 0 Å². The number of rotatable bonds is 5. The molecule has 0 aromatic heterocycles. The normalized spacial score (nSPS) is 17.1. The summed E-state index contributed by atoms with van der Waals surface area (Å²) in [5.74, 6) is 2.30. The Labute approximate surface area is 165 Å². The van der Waals surface area contributed by atoms with Gasteiger partial charge in [0.05, 0.1) is 14.2 Å². The second-order valence-corrected chi connectivity index (χ2v) is 7.70. The summed E-state index contributed by atoms with van der Waals surface area (Å²) in [6.07, 6.45) is 0.971. The highest BCUT2D eigenvalue weighted by Gasteiger charge is 2.21. The zero-order valence-electron chi connectivity index (χ0n) is 15.8. The molecule has 144 valence electrons. The molecule has 0 bridgehead atoms. The lowest BCUT2D eigenvalue weighted by Gasteiger charge is -2.21. The van der Waals surface area contributed by atoms with Gasteiger partial charge >= 0.3 is 6.03 Å². The van der Waals surface area contributed by atoms with E-state index >= 15 is 0 Å². The van der Waals surface area contributed by atoms with E-state index < -0.39 is 0 Å². The van der Waals surface area contributed by atoms with Crippen molar-refractivity contribution in [3.8, 4) is 11.5 Å². The summed E-state index contributed by atoms with van der Waals surface area (Å²) in [5, 5.41) is 3.47. The van der Waals surface area contributed by atoms with Gasteiger partial charge in [0, 0.05) is 30.6 Å². The number of methoxy groups -OCH3 is 2. The molecule has 3 rings (SSSR count). The van der Waals surface area contributed by atoms with Gasteiger partial charge in [-0.2, -0.15) is 11.8 Å². The van der Waals surface area contributed by atoms with Gasteiger partial charge in [-0.1, -0.05) is 36.4 Å². The minimum atomic E-state index is -0.0147. The van der Waals surface area contributed by atoms with Crippen LogP contribution in [0.25, 0.3) is 0 Å². The summed E-state index contributed by atoms with van der Waals surface area (Å²) in [6.45, 7) is 2.00. The number of nitrogens with one attached hydrogen (secondary N) is 1. The molecule has 5 nitrogen and oxygen atoms in total. The van der Waals surface area contributed by atoms with Crippen LogP contribution in [0, 0.1) is 0 Å². The fourth-order valence-electron chi connectivity index (χ4n) is 3.19. The topological polar surface area (TPSA) is 50.8 Å². The zero-order chi connectivity index (χ0) is 19.1. The summed E-state index contributed by atoms with van der Waals surface area (Å²) in [7, 11) is 3.22. The Morgan fingerprint density at radius 1 is 1.11 bits per heavy atom. The molecule has 6 heteroatoms. The van der Waals surface area contributed by atoms with Gasteiger partial charge in [0.2, 0.25) is 0 Å². The quantitative estimate of drug-likeness (QED) is 0.841. The van der Waals surface area contributed by atoms with E-state index in [2.05, 4.69) is 29.6 Å². The minimum Gasteiger partial charge on any atom is -0.493 e. The van der Waals surface area contributed by atoms with E-state index in [1.54, 1.807) is 14.2 Å².